The molecule has 3 nitrogen and oxygen atoms in total. The first-order valence-electron chi connectivity index (χ1n) is 6.93. The summed E-state index contributed by atoms with van der Waals surface area (Å²) in [6.07, 6.45) is -1.87. The van der Waals surface area contributed by atoms with Crippen LogP contribution in [0.1, 0.15) is 43.6 Å². The van der Waals surface area contributed by atoms with Gasteiger partial charge in [0.25, 0.3) is 0 Å². The third-order valence-electron chi connectivity index (χ3n) is 3.40. The highest BCUT2D eigenvalue weighted by atomic mass is 16.7. The van der Waals surface area contributed by atoms with Crippen molar-refractivity contribution in [2.75, 3.05) is 0 Å². The predicted octanol–water partition coefficient (Wildman–Crippen LogP) is 4.77. The zero-order chi connectivity index (χ0) is 15.5. The Bertz CT molecular complexity index is 595. The molecule has 0 fully saturated rings. The van der Waals surface area contributed by atoms with Crippen LogP contribution in [0.4, 0.5) is 4.79 Å². The summed E-state index contributed by atoms with van der Waals surface area (Å²) in [4.78, 5) is 11.0. The Hall–Kier alpha value is -2.29. The van der Waals surface area contributed by atoms with Gasteiger partial charge in [0.15, 0.2) is 6.10 Å². The zero-order valence-corrected chi connectivity index (χ0v) is 12.5. The van der Waals surface area contributed by atoms with Crippen molar-refractivity contribution in [3.63, 3.8) is 0 Å². The Morgan fingerprint density at radius 1 is 0.952 bits per heavy atom. The van der Waals surface area contributed by atoms with Gasteiger partial charge >= 0.3 is 6.16 Å². The minimum absolute atomic E-state index is 0.0639. The summed E-state index contributed by atoms with van der Waals surface area (Å²) < 4.78 is 5.06. The summed E-state index contributed by atoms with van der Waals surface area (Å²) in [6, 6.07) is 17.3. The monoisotopic (exact) mass is 284 g/mol. The van der Waals surface area contributed by atoms with Crippen molar-refractivity contribution in [3.05, 3.63) is 71.3 Å². The third kappa shape index (κ3) is 3.85. The third-order valence-corrected chi connectivity index (χ3v) is 3.40. The smallest absolute Gasteiger partial charge is 0.450 e. The van der Waals surface area contributed by atoms with Crippen molar-refractivity contribution in [3.8, 4) is 0 Å². The molecule has 2 aromatic rings. The highest BCUT2D eigenvalue weighted by Crippen LogP contribution is 2.29. The summed E-state index contributed by atoms with van der Waals surface area (Å²) in [5.41, 5.74) is 2.92. The van der Waals surface area contributed by atoms with Crippen molar-refractivity contribution in [2.24, 2.45) is 0 Å². The number of hydrogen-bond donors (Lipinski definition) is 1. The lowest BCUT2D eigenvalue weighted by Gasteiger charge is -2.21. The normalized spacial score (nSPS) is 12.7. The lowest BCUT2D eigenvalue weighted by molar-refractivity contribution is 0.0663. The highest BCUT2D eigenvalue weighted by molar-refractivity contribution is 5.58. The van der Waals surface area contributed by atoms with Gasteiger partial charge in [0, 0.05) is 0 Å². The minimum atomic E-state index is -1.27. The SMILES string of the molecule is CC(C)(C)c1ccc(C(OC(=O)O)c2ccccc2)cc1. The van der Waals surface area contributed by atoms with Crippen LogP contribution in [-0.4, -0.2) is 11.3 Å². The van der Waals surface area contributed by atoms with Gasteiger partial charge in [-0.1, -0.05) is 75.4 Å². The molecule has 3 heteroatoms. The number of hydrogen-bond acceptors (Lipinski definition) is 2. The lowest BCUT2D eigenvalue weighted by atomic mass is 9.86. The summed E-state index contributed by atoms with van der Waals surface area (Å²) in [6.45, 7) is 6.43. The fourth-order valence-corrected chi connectivity index (χ4v) is 2.22. The van der Waals surface area contributed by atoms with E-state index < -0.39 is 12.3 Å². The molecule has 1 N–H and O–H groups in total. The van der Waals surface area contributed by atoms with Crippen LogP contribution in [0.2, 0.25) is 0 Å². The molecule has 2 rings (SSSR count). The average molecular weight is 284 g/mol. The fraction of sp³-hybridized carbons (Fsp3) is 0.278. The number of carboxylic acid groups (broad SMARTS) is 1. The van der Waals surface area contributed by atoms with Crippen LogP contribution in [0.5, 0.6) is 0 Å². The van der Waals surface area contributed by atoms with E-state index in [1.54, 1.807) is 0 Å². The number of benzene rings is 2. The van der Waals surface area contributed by atoms with Gasteiger partial charge in [0.05, 0.1) is 0 Å². The molecule has 2 aromatic carbocycles. The first kappa shape index (κ1) is 15.1. The van der Waals surface area contributed by atoms with E-state index in [-0.39, 0.29) is 5.41 Å². The molecule has 1 atom stereocenters. The molecule has 0 saturated carbocycles. The molecule has 0 heterocycles. The average Bonchev–Trinajstić information content (AvgIpc) is 2.45. The fourth-order valence-electron chi connectivity index (χ4n) is 2.22. The first-order valence-corrected chi connectivity index (χ1v) is 6.93. The predicted molar refractivity (Wildman–Crippen MR) is 82.5 cm³/mol. The number of ether oxygens (including phenoxy) is 1. The van der Waals surface area contributed by atoms with Gasteiger partial charge in [-0.15, -0.1) is 0 Å². The van der Waals surface area contributed by atoms with Crippen LogP contribution >= 0.6 is 0 Å². The van der Waals surface area contributed by atoms with E-state index in [0.717, 1.165) is 11.1 Å². The topological polar surface area (TPSA) is 46.5 Å². The van der Waals surface area contributed by atoms with E-state index in [2.05, 4.69) is 20.8 Å². The van der Waals surface area contributed by atoms with Crippen LogP contribution in [0.3, 0.4) is 0 Å². The standard InChI is InChI=1S/C18H20O3/c1-18(2,3)15-11-9-14(10-12-15)16(21-17(19)20)13-7-5-4-6-8-13/h4-12,16H,1-3H3,(H,19,20). The Labute approximate surface area is 125 Å². The van der Waals surface area contributed by atoms with Crippen LogP contribution in [0, 0.1) is 0 Å². The summed E-state index contributed by atoms with van der Waals surface area (Å²) >= 11 is 0. The molecule has 0 radical (unpaired) electrons. The summed E-state index contributed by atoms with van der Waals surface area (Å²) in [5.74, 6) is 0. The van der Waals surface area contributed by atoms with Gasteiger partial charge in [-0.05, 0) is 22.1 Å². The Balaban J connectivity index is 2.36. The second-order valence-corrected chi connectivity index (χ2v) is 6.05. The molecule has 21 heavy (non-hydrogen) atoms. The van der Waals surface area contributed by atoms with Gasteiger partial charge in [0.1, 0.15) is 0 Å². The van der Waals surface area contributed by atoms with E-state index in [4.69, 9.17) is 9.84 Å². The summed E-state index contributed by atoms with van der Waals surface area (Å²) in [5, 5.41) is 8.97. The first-order chi connectivity index (χ1) is 9.88. The largest absolute Gasteiger partial charge is 0.506 e. The van der Waals surface area contributed by atoms with E-state index in [9.17, 15) is 4.79 Å². The maximum Gasteiger partial charge on any atom is 0.506 e. The van der Waals surface area contributed by atoms with Crippen LogP contribution in [0.15, 0.2) is 54.6 Å². The van der Waals surface area contributed by atoms with Crippen molar-refractivity contribution in [2.45, 2.75) is 32.3 Å². The molecule has 0 saturated heterocycles. The molecule has 0 amide bonds. The van der Waals surface area contributed by atoms with Crippen molar-refractivity contribution >= 4 is 6.16 Å². The Morgan fingerprint density at radius 3 is 1.95 bits per heavy atom. The Morgan fingerprint density at radius 2 is 1.48 bits per heavy atom. The minimum Gasteiger partial charge on any atom is -0.450 e. The Kier molecular flexibility index (Phi) is 4.32. The second kappa shape index (κ2) is 6.00. The molecule has 0 spiro atoms. The molecule has 0 aromatic heterocycles. The van der Waals surface area contributed by atoms with Crippen molar-refractivity contribution in [1.29, 1.82) is 0 Å². The van der Waals surface area contributed by atoms with Gasteiger partial charge in [0.2, 0.25) is 0 Å². The maximum atomic E-state index is 11.0. The number of rotatable bonds is 3. The van der Waals surface area contributed by atoms with E-state index in [1.165, 1.54) is 5.56 Å². The summed E-state index contributed by atoms with van der Waals surface area (Å²) in [7, 11) is 0. The zero-order valence-electron chi connectivity index (χ0n) is 12.5. The van der Waals surface area contributed by atoms with Gasteiger partial charge in [-0.3, -0.25) is 0 Å². The van der Waals surface area contributed by atoms with Gasteiger partial charge in [-0.2, -0.15) is 0 Å². The lowest BCUT2D eigenvalue weighted by Crippen LogP contribution is -2.13. The maximum absolute atomic E-state index is 11.0. The van der Waals surface area contributed by atoms with E-state index >= 15 is 0 Å². The van der Waals surface area contributed by atoms with Crippen LogP contribution < -0.4 is 0 Å². The van der Waals surface area contributed by atoms with Gasteiger partial charge in [-0.25, -0.2) is 4.79 Å². The second-order valence-electron chi connectivity index (χ2n) is 6.05. The van der Waals surface area contributed by atoms with Crippen molar-refractivity contribution < 1.29 is 14.6 Å². The quantitative estimate of drug-likeness (QED) is 0.826. The highest BCUT2D eigenvalue weighted by Gasteiger charge is 2.20. The molecular weight excluding hydrogens is 264 g/mol. The molecule has 1 unspecified atom stereocenters. The van der Waals surface area contributed by atoms with E-state index in [0.29, 0.717) is 0 Å². The molecule has 0 aliphatic heterocycles. The number of carbonyl (C=O) groups is 1. The molecule has 0 aliphatic carbocycles. The van der Waals surface area contributed by atoms with E-state index in [1.807, 2.05) is 54.6 Å². The molecule has 0 aliphatic rings. The molecular formula is C18H20O3. The van der Waals surface area contributed by atoms with Crippen LogP contribution in [-0.2, 0) is 10.2 Å². The van der Waals surface area contributed by atoms with Gasteiger partial charge < -0.3 is 9.84 Å². The molecule has 110 valence electrons. The van der Waals surface area contributed by atoms with Crippen LogP contribution in [0.25, 0.3) is 0 Å². The van der Waals surface area contributed by atoms with Crippen molar-refractivity contribution in [1.82, 2.24) is 0 Å². The molecule has 0 bridgehead atoms.